The number of nitrogens with one attached hydrogen (secondary N) is 1. The molecule has 0 spiro atoms. The molecule has 0 unspecified atom stereocenters. The number of para-hydroxylation sites is 2. The van der Waals surface area contributed by atoms with Crippen LogP contribution in [0.25, 0.3) is 10.8 Å². The molecule has 134 valence electrons. The minimum absolute atomic E-state index is 0.257. The van der Waals surface area contributed by atoms with Gasteiger partial charge in [0.1, 0.15) is 0 Å². The minimum atomic E-state index is -3.67. The van der Waals surface area contributed by atoms with Crippen molar-refractivity contribution in [2.45, 2.75) is 4.90 Å². The SMILES string of the molecule is O=S(=O)(Nc1ccccc1N1CCOCC1)c1ccc2ccccc2c1. The highest BCUT2D eigenvalue weighted by Gasteiger charge is 2.19. The zero-order valence-corrected chi connectivity index (χ0v) is 15.1. The molecule has 3 aromatic carbocycles. The normalized spacial score (nSPS) is 15.2. The summed E-state index contributed by atoms with van der Waals surface area (Å²) in [5.41, 5.74) is 1.46. The Kier molecular flexibility index (Phi) is 4.53. The molecule has 0 aromatic heterocycles. The standard InChI is InChI=1S/C20H20N2O3S/c23-26(24,18-10-9-16-5-1-2-6-17(16)15-18)21-19-7-3-4-8-20(19)22-11-13-25-14-12-22/h1-10,15,21H,11-14H2. The molecule has 0 amide bonds. The number of benzene rings is 3. The molecule has 1 heterocycles. The van der Waals surface area contributed by atoms with Gasteiger partial charge in [0.15, 0.2) is 0 Å². The van der Waals surface area contributed by atoms with Crippen LogP contribution in [0.15, 0.2) is 71.6 Å². The lowest BCUT2D eigenvalue weighted by Gasteiger charge is -2.30. The van der Waals surface area contributed by atoms with E-state index in [1.807, 2.05) is 48.5 Å². The summed E-state index contributed by atoms with van der Waals surface area (Å²) in [5, 5.41) is 1.91. The molecule has 1 aliphatic heterocycles. The van der Waals surface area contributed by atoms with E-state index in [0.29, 0.717) is 18.9 Å². The van der Waals surface area contributed by atoms with Crippen LogP contribution in [0.3, 0.4) is 0 Å². The molecule has 5 nitrogen and oxygen atoms in total. The van der Waals surface area contributed by atoms with E-state index in [4.69, 9.17) is 4.74 Å². The topological polar surface area (TPSA) is 58.6 Å². The third-order valence-electron chi connectivity index (χ3n) is 4.53. The predicted molar refractivity (Wildman–Crippen MR) is 104 cm³/mol. The van der Waals surface area contributed by atoms with Gasteiger partial charge in [-0.1, -0.05) is 42.5 Å². The molecule has 4 rings (SSSR count). The molecule has 1 aliphatic rings. The Morgan fingerprint density at radius 3 is 2.35 bits per heavy atom. The number of hydrogen-bond acceptors (Lipinski definition) is 4. The van der Waals surface area contributed by atoms with Gasteiger partial charge in [-0.2, -0.15) is 0 Å². The Morgan fingerprint density at radius 2 is 1.54 bits per heavy atom. The van der Waals surface area contributed by atoms with Gasteiger partial charge in [-0.3, -0.25) is 4.72 Å². The van der Waals surface area contributed by atoms with Gasteiger partial charge in [0.25, 0.3) is 10.0 Å². The number of nitrogens with zero attached hydrogens (tertiary/aromatic N) is 1. The first kappa shape index (κ1) is 16.9. The Bertz CT molecular complexity index is 1030. The number of fused-ring (bicyclic) bond motifs is 1. The first-order chi connectivity index (χ1) is 12.6. The summed E-state index contributed by atoms with van der Waals surface area (Å²) in [6.45, 7) is 2.78. The quantitative estimate of drug-likeness (QED) is 0.766. The van der Waals surface area contributed by atoms with Crippen LogP contribution in [0, 0.1) is 0 Å². The van der Waals surface area contributed by atoms with Crippen LogP contribution in [0.4, 0.5) is 11.4 Å². The van der Waals surface area contributed by atoms with Crippen LogP contribution < -0.4 is 9.62 Å². The largest absolute Gasteiger partial charge is 0.378 e. The van der Waals surface area contributed by atoms with Crippen molar-refractivity contribution in [2.24, 2.45) is 0 Å². The van der Waals surface area contributed by atoms with Crippen molar-refractivity contribution in [3.63, 3.8) is 0 Å². The number of hydrogen-bond donors (Lipinski definition) is 1. The van der Waals surface area contributed by atoms with Gasteiger partial charge in [-0.05, 0) is 35.0 Å². The van der Waals surface area contributed by atoms with Gasteiger partial charge in [0.2, 0.25) is 0 Å². The number of ether oxygens (including phenoxy) is 1. The second-order valence-corrected chi connectivity index (χ2v) is 7.91. The number of rotatable bonds is 4. The van der Waals surface area contributed by atoms with E-state index in [1.54, 1.807) is 18.2 Å². The summed E-state index contributed by atoms with van der Waals surface area (Å²) in [7, 11) is -3.67. The van der Waals surface area contributed by atoms with E-state index >= 15 is 0 Å². The maximum Gasteiger partial charge on any atom is 0.261 e. The van der Waals surface area contributed by atoms with Gasteiger partial charge in [-0.15, -0.1) is 0 Å². The number of anilines is 2. The first-order valence-corrected chi connectivity index (χ1v) is 10.1. The third-order valence-corrected chi connectivity index (χ3v) is 5.89. The van der Waals surface area contributed by atoms with Crippen LogP contribution in [0.2, 0.25) is 0 Å². The molecule has 1 fully saturated rings. The lowest BCUT2D eigenvalue weighted by atomic mass is 10.1. The molecule has 0 atom stereocenters. The van der Waals surface area contributed by atoms with Crippen LogP contribution in [-0.2, 0) is 14.8 Å². The molecule has 0 saturated carbocycles. The van der Waals surface area contributed by atoms with Crippen molar-refractivity contribution in [2.75, 3.05) is 35.9 Å². The van der Waals surface area contributed by atoms with Crippen molar-refractivity contribution >= 4 is 32.2 Å². The minimum Gasteiger partial charge on any atom is -0.378 e. The zero-order valence-electron chi connectivity index (χ0n) is 14.3. The summed E-state index contributed by atoms with van der Waals surface area (Å²) in [6, 6.07) is 20.4. The maximum atomic E-state index is 12.9. The van der Waals surface area contributed by atoms with Crippen LogP contribution >= 0.6 is 0 Å². The van der Waals surface area contributed by atoms with Crippen molar-refractivity contribution in [3.05, 3.63) is 66.7 Å². The van der Waals surface area contributed by atoms with E-state index in [1.165, 1.54) is 0 Å². The van der Waals surface area contributed by atoms with E-state index in [2.05, 4.69) is 9.62 Å². The molecule has 1 N–H and O–H groups in total. The monoisotopic (exact) mass is 368 g/mol. The highest BCUT2D eigenvalue weighted by atomic mass is 32.2. The van der Waals surface area contributed by atoms with Gasteiger partial charge in [0.05, 0.1) is 29.5 Å². The van der Waals surface area contributed by atoms with E-state index in [0.717, 1.165) is 29.5 Å². The summed E-state index contributed by atoms with van der Waals surface area (Å²) >= 11 is 0. The second-order valence-electron chi connectivity index (χ2n) is 6.23. The fourth-order valence-corrected chi connectivity index (χ4v) is 4.29. The van der Waals surface area contributed by atoms with Gasteiger partial charge in [-0.25, -0.2) is 8.42 Å². The maximum absolute atomic E-state index is 12.9. The van der Waals surface area contributed by atoms with Crippen molar-refractivity contribution < 1.29 is 13.2 Å². The van der Waals surface area contributed by atoms with Crippen LogP contribution in [0.1, 0.15) is 0 Å². The average Bonchev–Trinajstić information content (AvgIpc) is 2.68. The first-order valence-electron chi connectivity index (χ1n) is 8.57. The summed E-state index contributed by atoms with van der Waals surface area (Å²) < 4.78 is 34.0. The van der Waals surface area contributed by atoms with Gasteiger partial charge in [0, 0.05) is 13.1 Å². The van der Waals surface area contributed by atoms with Crippen molar-refractivity contribution in [1.29, 1.82) is 0 Å². The molecule has 0 radical (unpaired) electrons. The lowest BCUT2D eigenvalue weighted by molar-refractivity contribution is 0.123. The summed E-state index contributed by atoms with van der Waals surface area (Å²) in [5.74, 6) is 0. The van der Waals surface area contributed by atoms with E-state index < -0.39 is 10.0 Å². The average molecular weight is 368 g/mol. The number of sulfonamides is 1. The van der Waals surface area contributed by atoms with Gasteiger partial charge >= 0.3 is 0 Å². The predicted octanol–water partition coefficient (Wildman–Crippen LogP) is 3.48. The fourth-order valence-electron chi connectivity index (χ4n) is 3.18. The van der Waals surface area contributed by atoms with Crippen LogP contribution in [0.5, 0.6) is 0 Å². The Morgan fingerprint density at radius 1 is 0.846 bits per heavy atom. The molecular formula is C20H20N2O3S. The number of morpholine rings is 1. The molecule has 1 saturated heterocycles. The van der Waals surface area contributed by atoms with Crippen molar-refractivity contribution in [3.8, 4) is 0 Å². The fraction of sp³-hybridized carbons (Fsp3) is 0.200. The Balaban J connectivity index is 1.67. The van der Waals surface area contributed by atoms with Crippen molar-refractivity contribution in [1.82, 2.24) is 0 Å². The van der Waals surface area contributed by atoms with E-state index in [9.17, 15) is 8.42 Å². The zero-order chi connectivity index (χ0) is 18.0. The molecule has 0 bridgehead atoms. The van der Waals surface area contributed by atoms with Crippen LogP contribution in [-0.4, -0.2) is 34.7 Å². The lowest BCUT2D eigenvalue weighted by Crippen LogP contribution is -2.36. The second kappa shape index (κ2) is 6.97. The summed E-state index contributed by atoms with van der Waals surface area (Å²) in [6.07, 6.45) is 0. The Labute approximate surface area is 153 Å². The third kappa shape index (κ3) is 3.38. The highest BCUT2D eigenvalue weighted by Crippen LogP contribution is 2.29. The molecule has 26 heavy (non-hydrogen) atoms. The molecular weight excluding hydrogens is 348 g/mol. The molecule has 6 heteroatoms. The molecule has 0 aliphatic carbocycles. The van der Waals surface area contributed by atoms with E-state index in [-0.39, 0.29) is 4.90 Å². The molecule has 3 aromatic rings. The van der Waals surface area contributed by atoms with Gasteiger partial charge < -0.3 is 9.64 Å². The smallest absolute Gasteiger partial charge is 0.261 e. The summed E-state index contributed by atoms with van der Waals surface area (Å²) in [4.78, 5) is 2.40. The Hall–Kier alpha value is -2.57. The highest BCUT2D eigenvalue weighted by molar-refractivity contribution is 7.92.